The molecule has 0 radical (unpaired) electrons. The molecule has 5 nitrogen and oxygen atoms in total. The molecule has 2 aliphatic heterocycles. The summed E-state index contributed by atoms with van der Waals surface area (Å²) >= 11 is 0. The maximum absolute atomic E-state index is 4.99. The molecule has 148 valence electrons. The zero-order valence-electron chi connectivity index (χ0n) is 16.7. The molecule has 0 amide bonds. The fourth-order valence-corrected chi connectivity index (χ4v) is 5.13. The molecule has 2 aromatic carbocycles. The molecule has 2 saturated heterocycles. The number of nitrogens with zero attached hydrogens (tertiary/aromatic N) is 4. The zero-order chi connectivity index (χ0) is 19.3. The van der Waals surface area contributed by atoms with Gasteiger partial charge in [0.1, 0.15) is 5.82 Å². The molecule has 1 aromatic heterocycles. The number of rotatable bonds is 4. The summed E-state index contributed by atoms with van der Waals surface area (Å²) in [5.41, 5.74) is 2.93. The van der Waals surface area contributed by atoms with Gasteiger partial charge in [0.2, 0.25) is 5.95 Å². The number of nitrogens with one attached hydrogen (secondary N) is 1. The first-order chi connectivity index (χ1) is 14.3. The third-order valence-corrected chi connectivity index (χ3v) is 6.95. The second kappa shape index (κ2) is 6.70. The first-order valence-corrected chi connectivity index (χ1v) is 10.8. The summed E-state index contributed by atoms with van der Waals surface area (Å²) in [5, 5.41) is 4.65. The van der Waals surface area contributed by atoms with E-state index in [0.29, 0.717) is 11.5 Å². The molecule has 6 rings (SSSR count). The van der Waals surface area contributed by atoms with E-state index in [1.54, 1.807) is 0 Å². The minimum absolute atomic E-state index is 0.660. The van der Waals surface area contributed by atoms with Gasteiger partial charge >= 0.3 is 0 Å². The van der Waals surface area contributed by atoms with E-state index in [2.05, 4.69) is 69.7 Å². The monoisotopic (exact) mass is 385 g/mol. The van der Waals surface area contributed by atoms with Gasteiger partial charge in [0.15, 0.2) is 0 Å². The highest BCUT2D eigenvalue weighted by Gasteiger charge is 2.52. The SMILES string of the molecule is c1ccc(CNc2nc(N3CCN4CC5(CC5)C[C@H]4C3)nc3ccccc23)cc1. The lowest BCUT2D eigenvalue weighted by molar-refractivity contribution is 0.226. The predicted octanol–water partition coefficient (Wildman–Crippen LogP) is 3.92. The quantitative estimate of drug-likeness (QED) is 0.738. The van der Waals surface area contributed by atoms with Crippen molar-refractivity contribution in [2.24, 2.45) is 5.41 Å². The fraction of sp³-hybridized carbons (Fsp3) is 0.417. The lowest BCUT2D eigenvalue weighted by Gasteiger charge is -2.37. The zero-order valence-corrected chi connectivity index (χ0v) is 16.7. The highest BCUT2D eigenvalue weighted by atomic mass is 15.4. The van der Waals surface area contributed by atoms with Crippen LogP contribution < -0.4 is 10.2 Å². The highest BCUT2D eigenvalue weighted by Crippen LogP contribution is 2.55. The summed E-state index contributed by atoms with van der Waals surface area (Å²) in [6.45, 7) is 5.28. The van der Waals surface area contributed by atoms with E-state index in [4.69, 9.17) is 9.97 Å². The summed E-state index contributed by atoms with van der Waals surface area (Å²) in [6.07, 6.45) is 4.22. The van der Waals surface area contributed by atoms with Gasteiger partial charge in [0.05, 0.1) is 5.52 Å². The minimum Gasteiger partial charge on any atom is -0.365 e. The number of anilines is 2. The molecule has 1 N–H and O–H groups in total. The molecule has 3 aromatic rings. The molecule has 1 saturated carbocycles. The van der Waals surface area contributed by atoms with E-state index >= 15 is 0 Å². The van der Waals surface area contributed by atoms with Crippen LogP contribution in [0.4, 0.5) is 11.8 Å². The van der Waals surface area contributed by atoms with Crippen molar-refractivity contribution >= 4 is 22.7 Å². The van der Waals surface area contributed by atoms with Crippen LogP contribution in [0.2, 0.25) is 0 Å². The minimum atomic E-state index is 0.660. The predicted molar refractivity (Wildman–Crippen MR) is 117 cm³/mol. The second-order valence-electron chi connectivity index (χ2n) is 9.00. The highest BCUT2D eigenvalue weighted by molar-refractivity contribution is 5.90. The summed E-state index contributed by atoms with van der Waals surface area (Å²) in [5.74, 6) is 1.80. The summed E-state index contributed by atoms with van der Waals surface area (Å²) in [7, 11) is 0. The van der Waals surface area contributed by atoms with E-state index in [-0.39, 0.29) is 0 Å². The molecule has 3 fully saturated rings. The summed E-state index contributed by atoms with van der Waals surface area (Å²) in [4.78, 5) is 15.0. The second-order valence-corrected chi connectivity index (χ2v) is 9.00. The van der Waals surface area contributed by atoms with Crippen LogP contribution in [0.1, 0.15) is 24.8 Å². The molecule has 3 heterocycles. The largest absolute Gasteiger partial charge is 0.365 e. The molecular weight excluding hydrogens is 358 g/mol. The molecular formula is C24H27N5. The smallest absolute Gasteiger partial charge is 0.227 e. The van der Waals surface area contributed by atoms with Crippen LogP contribution in [-0.2, 0) is 6.54 Å². The first kappa shape index (κ1) is 17.2. The number of hydrogen-bond donors (Lipinski definition) is 1. The molecule has 0 bridgehead atoms. The van der Waals surface area contributed by atoms with Crippen molar-refractivity contribution in [1.82, 2.24) is 14.9 Å². The molecule has 3 aliphatic rings. The van der Waals surface area contributed by atoms with Crippen molar-refractivity contribution in [1.29, 1.82) is 0 Å². The Hall–Kier alpha value is -2.66. The number of aromatic nitrogens is 2. The van der Waals surface area contributed by atoms with Crippen LogP contribution in [0.3, 0.4) is 0 Å². The average molecular weight is 386 g/mol. The van der Waals surface area contributed by atoms with Gasteiger partial charge in [-0.2, -0.15) is 4.98 Å². The van der Waals surface area contributed by atoms with E-state index < -0.39 is 0 Å². The number of hydrogen-bond acceptors (Lipinski definition) is 5. The molecule has 5 heteroatoms. The number of fused-ring (bicyclic) bond motifs is 2. The third-order valence-electron chi connectivity index (χ3n) is 6.95. The Bertz CT molecular complexity index is 1030. The van der Waals surface area contributed by atoms with Crippen molar-refractivity contribution in [3.05, 3.63) is 60.2 Å². The van der Waals surface area contributed by atoms with Gasteiger partial charge in [-0.05, 0) is 42.4 Å². The molecule has 0 unspecified atom stereocenters. The maximum atomic E-state index is 4.99. The average Bonchev–Trinajstić information content (AvgIpc) is 3.41. The summed E-state index contributed by atoms with van der Waals surface area (Å²) < 4.78 is 0. The van der Waals surface area contributed by atoms with Gasteiger partial charge in [0.25, 0.3) is 0 Å². The number of piperazine rings is 1. The normalized spacial score (nSPS) is 22.8. The lowest BCUT2D eigenvalue weighted by atomic mass is 10.0. The van der Waals surface area contributed by atoms with Gasteiger partial charge < -0.3 is 10.2 Å². The molecule has 1 spiro atoms. The van der Waals surface area contributed by atoms with Crippen molar-refractivity contribution in [2.75, 3.05) is 36.4 Å². The first-order valence-electron chi connectivity index (χ1n) is 10.8. The van der Waals surface area contributed by atoms with E-state index in [1.165, 1.54) is 31.4 Å². The van der Waals surface area contributed by atoms with Crippen molar-refractivity contribution < 1.29 is 0 Å². The van der Waals surface area contributed by atoms with Crippen LogP contribution in [0, 0.1) is 5.41 Å². The molecule has 29 heavy (non-hydrogen) atoms. The van der Waals surface area contributed by atoms with Crippen molar-refractivity contribution in [3.8, 4) is 0 Å². The van der Waals surface area contributed by atoms with E-state index in [1.807, 2.05) is 0 Å². The Kier molecular flexibility index (Phi) is 3.98. The van der Waals surface area contributed by atoms with Gasteiger partial charge in [-0.15, -0.1) is 0 Å². The Morgan fingerprint density at radius 2 is 1.79 bits per heavy atom. The Morgan fingerprint density at radius 1 is 0.966 bits per heavy atom. The Balaban J connectivity index is 1.28. The topological polar surface area (TPSA) is 44.3 Å². The van der Waals surface area contributed by atoms with Gasteiger partial charge in [-0.1, -0.05) is 42.5 Å². The van der Waals surface area contributed by atoms with Crippen LogP contribution in [0.5, 0.6) is 0 Å². The van der Waals surface area contributed by atoms with Gasteiger partial charge in [-0.3, -0.25) is 4.90 Å². The van der Waals surface area contributed by atoms with Crippen LogP contribution in [-0.4, -0.2) is 47.1 Å². The van der Waals surface area contributed by atoms with Gasteiger partial charge in [-0.25, -0.2) is 4.98 Å². The van der Waals surface area contributed by atoms with Crippen molar-refractivity contribution in [2.45, 2.75) is 31.8 Å². The van der Waals surface area contributed by atoms with Gasteiger partial charge in [0, 0.05) is 44.2 Å². The van der Waals surface area contributed by atoms with E-state index in [0.717, 1.165) is 48.8 Å². The summed E-state index contributed by atoms with van der Waals surface area (Å²) in [6, 6.07) is 19.5. The molecule has 1 atom stereocenters. The van der Waals surface area contributed by atoms with E-state index in [9.17, 15) is 0 Å². The van der Waals surface area contributed by atoms with Crippen LogP contribution in [0.25, 0.3) is 10.9 Å². The standard InChI is InChI=1S/C24H27N5/c1-2-6-18(7-3-1)15-25-22-20-8-4-5-9-21(20)26-23(27-22)28-12-13-29-17-24(10-11-24)14-19(29)16-28/h1-9,19H,10-17H2,(H,25,26,27)/t19-/m0/s1. The number of benzene rings is 2. The lowest BCUT2D eigenvalue weighted by Crippen LogP contribution is -2.50. The third kappa shape index (κ3) is 3.23. The fourth-order valence-electron chi connectivity index (χ4n) is 5.13. The molecule has 1 aliphatic carbocycles. The van der Waals surface area contributed by atoms with Crippen LogP contribution >= 0.6 is 0 Å². The maximum Gasteiger partial charge on any atom is 0.227 e. The van der Waals surface area contributed by atoms with Crippen molar-refractivity contribution in [3.63, 3.8) is 0 Å². The Morgan fingerprint density at radius 3 is 2.66 bits per heavy atom. The van der Waals surface area contributed by atoms with Crippen LogP contribution in [0.15, 0.2) is 54.6 Å². The number of para-hydroxylation sites is 1. The Labute approximate surface area is 171 Å².